The summed E-state index contributed by atoms with van der Waals surface area (Å²) >= 11 is 0. The van der Waals surface area contributed by atoms with Crippen molar-refractivity contribution in [3.05, 3.63) is 29.8 Å². The SMILES string of the molecule is COC(=O)C1(S(=O)(=O)c2ccc(CCO)cc2)CCOCC1. The Balaban J connectivity index is 2.42. The average molecular weight is 328 g/mol. The molecule has 22 heavy (non-hydrogen) atoms. The molecule has 1 N–H and O–H groups in total. The molecule has 1 heterocycles. The van der Waals surface area contributed by atoms with Crippen LogP contribution in [0, 0.1) is 0 Å². The smallest absolute Gasteiger partial charge is 0.327 e. The summed E-state index contributed by atoms with van der Waals surface area (Å²) in [6.07, 6.45) is 0.622. The molecule has 0 atom stereocenters. The van der Waals surface area contributed by atoms with E-state index in [1.165, 1.54) is 19.2 Å². The number of hydrogen-bond donors (Lipinski definition) is 1. The van der Waals surface area contributed by atoms with E-state index in [0.29, 0.717) is 6.42 Å². The molecule has 0 amide bonds. The van der Waals surface area contributed by atoms with Crippen molar-refractivity contribution in [2.45, 2.75) is 28.9 Å². The molecule has 0 unspecified atom stereocenters. The Morgan fingerprint density at radius 2 is 1.86 bits per heavy atom. The molecule has 2 rings (SSSR count). The van der Waals surface area contributed by atoms with E-state index >= 15 is 0 Å². The molecule has 6 nitrogen and oxygen atoms in total. The molecule has 1 aromatic carbocycles. The molecule has 0 aliphatic carbocycles. The Morgan fingerprint density at radius 3 is 2.36 bits per heavy atom. The van der Waals surface area contributed by atoms with E-state index in [-0.39, 0.29) is 37.6 Å². The van der Waals surface area contributed by atoms with Crippen LogP contribution >= 0.6 is 0 Å². The fourth-order valence-corrected chi connectivity index (χ4v) is 4.61. The lowest BCUT2D eigenvalue weighted by Gasteiger charge is -2.33. The summed E-state index contributed by atoms with van der Waals surface area (Å²) in [4.78, 5) is 12.3. The lowest BCUT2D eigenvalue weighted by atomic mass is 9.99. The maximum absolute atomic E-state index is 13.0. The molecule has 7 heteroatoms. The van der Waals surface area contributed by atoms with Gasteiger partial charge in [0.2, 0.25) is 0 Å². The molecule has 1 aromatic rings. The van der Waals surface area contributed by atoms with E-state index in [2.05, 4.69) is 0 Å². The molecule has 1 fully saturated rings. The van der Waals surface area contributed by atoms with Crippen molar-refractivity contribution in [1.29, 1.82) is 0 Å². The normalized spacial score (nSPS) is 17.9. The largest absolute Gasteiger partial charge is 0.468 e. The molecule has 0 saturated carbocycles. The van der Waals surface area contributed by atoms with Gasteiger partial charge in [0, 0.05) is 32.7 Å². The Labute approximate surface area is 130 Å². The molecular formula is C15H20O6S. The summed E-state index contributed by atoms with van der Waals surface area (Å²) in [6.45, 7) is 0.406. The summed E-state index contributed by atoms with van der Waals surface area (Å²) in [5.74, 6) is -0.741. The van der Waals surface area contributed by atoms with Gasteiger partial charge in [-0.25, -0.2) is 8.42 Å². The lowest BCUT2D eigenvalue weighted by Crippen LogP contribution is -2.51. The number of ether oxygens (including phenoxy) is 2. The zero-order chi connectivity index (χ0) is 16.2. The quantitative estimate of drug-likeness (QED) is 0.801. The van der Waals surface area contributed by atoms with E-state index in [1.807, 2.05) is 0 Å². The summed E-state index contributed by atoms with van der Waals surface area (Å²) in [5.41, 5.74) is 0.834. The molecule has 1 aliphatic heterocycles. The topological polar surface area (TPSA) is 89.9 Å². The minimum absolute atomic E-state index is 0.00443. The van der Waals surface area contributed by atoms with Crippen LogP contribution in [0.2, 0.25) is 0 Å². The van der Waals surface area contributed by atoms with Gasteiger partial charge in [-0.1, -0.05) is 12.1 Å². The fraction of sp³-hybridized carbons (Fsp3) is 0.533. The fourth-order valence-electron chi connectivity index (χ4n) is 2.66. The number of benzene rings is 1. The maximum atomic E-state index is 13.0. The second kappa shape index (κ2) is 6.76. The van der Waals surface area contributed by atoms with Crippen molar-refractivity contribution in [3.63, 3.8) is 0 Å². The number of methoxy groups -OCH3 is 1. The van der Waals surface area contributed by atoms with E-state index in [9.17, 15) is 13.2 Å². The number of esters is 1. The van der Waals surface area contributed by atoms with E-state index < -0.39 is 20.6 Å². The van der Waals surface area contributed by atoms with Gasteiger partial charge in [-0.05, 0) is 24.1 Å². The monoisotopic (exact) mass is 328 g/mol. The molecule has 122 valence electrons. The van der Waals surface area contributed by atoms with Crippen molar-refractivity contribution in [3.8, 4) is 0 Å². The molecule has 1 aliphatic rings. The lowest BCUT2D eigenvalue weighted by molar-refractivity contribution is -0.146. The van der Waals surface area contributed by atoms with Gasteiger partial charge in [-0.3, -0.25) is 4.79 Å². The zero-order valence-electron chi connectivity index (χ0n) is 12.4. The van der Waals surface area contributed by atoms with Gasteiger partial charge in [-0.15, -0.1) is 0 Å². The Hall–Kier alpha value is -1.44. The predicted octanol–water partition coefficient (Wildman–Crippen LogP) is 0.717. The van der Waals surface area contributed by atoms with Gasteiger partial charge < -0.3 is 14.6 Å². The van der Waals surface area contributed by atoms with Crippen LogP contribution in [0.1, 0.15) is 18.4 Å². The highest BCUT2D eigenvalue weighted by atomic mass is 32.2. The molecule has 0 bridgehead atoms. The highest BCUT2D eigenvalue weighted by Crippen LogP contribution is 2.36. The predicted molar refractivity (Wildman–Crippen MR) is 79.2 cm³/mol. The summed E-state index contributed by atoms with van der Waals surface area (Å²) in [6, 6.07) is 6.24. The number of aliphatic hydroxyl groups is 1. The second-order valence-electron chi connectivity index (χ2n) is 5.22. The maximum Gasteiger partial charge on any atom is 0.327 e. The van der Waals surface area contributed by atoms with Gasteiger partial charge in [-0.2, -0.15) is 0 Å². The number of carbonyl (C=O) groups is 1. The molecule has 0 aromatic heterocycles. The third-order valence-corrected chi connectivity index (χ3v) is 6.50. The van der Waals surface area contributed by atoms with E-state index in [4.69, 9.17) is 14.6 Å². The standard InChI is InChI=1S/C15H20O6S/c1-20-14(17)15(7-10-21-11-8-15)22(18,19)13-4-2-12(3-5-13)6-9-16/h2-5,16H,6-11H2,1H3. The van der Waals surface area contributed by atoms with Gasteiger partial charge >= 0.3 is 5.97 Å². The Morgan fingerprint density at radius 1 is 1.27 bits per heavy atom. The van der Waals surface area contributed by atoms with E-state index in [0.717, 1.165) is 5.56 Å². The van der Waals surface area contributed by atoms with Gasteiger partial charge in [0.05, 0.1) is 12.0 Å². The molecule has 1 saturated heterocycles. The Kier molecular flexibility index (Phi) is 5.20. The molecular weight excluding hydrogens is 308 g/mol. The number of sulfone groups is 1. The van der Waals surface area contributed by atoms with Crippen LogP contribution in [0.15, 0.2) is 29.2 Å². The summed E-state index contributed by atoms with van der Waals surface area (Å²) in [7, 11) is -2.69. The van der Waals surface area contributed by atoms with Crippen LogP contribution in [0.4, 0.5) is 0 Å². The van der Waals surface area contributed by atoms with Gasteiger partial charge in [0.25, 0.3) is 0 Å². The molecule has 0 radical (unpaired) electrons. The third-order valence-electron chi connectivity index (χ3n) is 4.01. The first-order valence-electron chi connectivity index (χ1n) is 7.08. The van der Waals surface area contributed by atoms with Gasteiger partial charge in [0.15, 0.2) is 14.6 Å². The minimum Gasteiger partial charge on any atom is -0.468 e. The number of rotatable bonds is 5. The zero-order valence-corrected chi connectivity index (χ0v) is 13.3. The van der Waals surface area contributed by atoms with Crippen LogP contribution < -0.4 is 0 Å². The second-order valence-corrected chi connectivity index (χ2v) is 7.48. The molecule has 0 spiro atoms. The van der Waals surface area contributed by atoms with Crippen molar-refractivity contribution in [1.82, 2.24) is 0 Å². The van der Waals surface area contributed by atoms with E-state index in [1.54, 1.807) is 12.1 Å². The van der Waals surface area contributed by atoms with Crippen LogP contribution in [0.3, 0.4) is 0 Å². The van der Waals surface area contributed by atoms with Crippen LogP contribution in [-0.2, 0) is 30.5 Å². The third kappa shape index (κ3) is 2.88. The van der Waals surface area contributed by atoms with Crippen LogP contribution in [0.25, 0.3) is 0 Å². The number of hydrogen-bond acceptors (Lipinski definition) is 6. The minimum atomic E-state index is -3.88. The summed E-state index contributed by atoms with van der Waals surface area (Å²) < 4.78 is 34.3. The first-order chi connectivity index (χ1) is 10.5. The Bertz CT molecular complexity index is 614. The average Bonchev–Trinajstić information content (AvgIpc) is 2.55. The first kappa shape index (κ1) is 16.9. The van der Waals surface area contributed by atoms with Crippen LogP contribution in [0.5, 0.6) is 0 Å². The number of carbonyl (C=O) groups excluding carboxylic acids is 1. The highest BCUT2D eigenvalue weighted by molar-refractivity contribution is 7.93. The van der Waals surface area contributed by atoms with Crippen LogP contribution in [-0.4, -0.2) is 51.2 Å². The van der Waals surface area contributed by atoms with Gasteiger partial charge in [0.1, 0.15) is 0 Å². The van der Waals surface area contributed by atoms with Crippen molar-refractivity contribution < 1.29 is 27.8 Å². The highest BCUT2D eigenvalue weighted by Gasteiger charge is 2.53. The summed E-state index contributed by atoms with van der Waals surface area (Å²) in [5, 5.41) is 8.91. The van der Waals surface area contributed by atoms with Crippen molar-refractivity contribution in [2.75, 3.05) is 26.9 Å². The van der Waals surface area contributed by atoms with Crippen molar-refractivity contribution >= 4 is 15.8 Å². The number of aliphatic hydroxyl groups excluding tert-OH is 1. The first-order valence-corrected chi connectivity index (χ1v) is 8.57. The van der Waals surface area contributed by atoms with Crippen molar-refractivity contribution in [2.24, 2.45) is 0 Å².